The van der Waals surface area contributed by atoms with Gasteiger partial charge in [0, 0.05) is 0 Å². The standard InChI is InChI=1S/C29H35.C13H10.2ClH.Zr/c1-18-14-26(20(3)19(18)2)29(28(7,8)9)13-12-25-22(17-29)15-21-16-23(27(4,5)6)10-11-24(21)25;1-3-7-12(8-4-1)11-13-9-5-2-6-10-13;;;/h10-13,15-16H,14H2,1-9H3;1-10H;2*1H;. The maximum Gasteiger partial charge on any atom is -0.147 e. The maximum absolute atomic E-state index is 2.64. The number of hydrogen-bond donors (Lipinski definition) is 0. The van der Waals surface area contributed by atoms with E-state index in [4.69, 9.17) is 0 Å². The first-order valence-electron chi connectivity index (χ1n) is 15.8. The van der Waals surface area contributed by atoms with Crippen LogP contribution in [0.5, 0.6) is 0 Å². The number of hydrogen-bond acceptors (Lipinski definition) is 0. The Labute approximate surface area is 294 Å². The third-order valence-electron chi connectivity index (χ3n) is 10.1. The quantitative estimate of drug-likeness (QED) is 0.253. The molecule has 0 saturated heterocycles. The number of rotatable bonds is 4. The molecule has 3 aromatic rings. The molecule has 233 valence electrons. The number of fused-ring (bicyclic) bond motifs is 2. The van der Waals surface area contributed by atoms with Gasteiger partial charge in [0.1, 0.15) is 0 Å². The Morgan fingerprint density at radius 3 is 1.78 bits per heavy atom. The average Bonchev–Trinajstić information content (AvgIpc) is 3.47. The molecule has 0 N–H and O–H groups in total. The van der Waals surface area contributed by atoms with Crippen LogP contribution in [0.15, 0.2) is 122 Å². The van der Waals surface area contributed by atoms with Gasteiger partial charge in [-0.2, -0.15) is 0 Å². The summed E-state index contributed by atoms with van der Waals surface area (Å²) in [4.78, 5) is 0. The molecule has 3 aliphatic rings. The first-order valence-corrected chi connectivity index (χ1v) is 18.2. The van der Waals surface area contributed by atoms with Crippen LogP contribution in [-0.4, -0.2) is 3.21 Å². The molecule has 0 aromatic heterocycles. The Morgan fingerprint density at radius 1 is 0.711 bits per heavy atom. The van der Waals surface area contributed by atoms with E-state index < -0.39 is 22.8 Å². The fourth-order valence-electron chi connectivity index (χ4n) is 7.32. The van der Waals surface area contributed by atoms with Crippen LogP contribution in [0, 0.1) is 10.8 Å². The van der Waals surface area contributed by atoms with E-state index in [0.717, 1.165) is 6.42 Å². The van der Waals surface area contributed by atoms with Gasteiger partial charge in [0.05, 0.1) is 0 Å². The molecule has 1 unspecified atom stereocenters. The van der Waals surface area contributed by atoms with E-state index in [0.29, 0.717) is 0 Å². The van der Waals surface area contributed by atoms with Gasteiger partial charge in [-0.15, -0.1) is 24.8 Å². The van der Waals surface area contributed by atoms with Crippen LogP contribution in [0.3, 0.4) is 0 Å². The van der Waals surface area contributed by atoms with Crippen molar-refractivity contribution in [3.8, 4) is 0 Å². The van der Waals surface area contributed by atoms with Crippen molar-refractivity contribution in [1.29, 1.82) is 0 Å². The minimum absolute atomic E-state index is 0. The van der Waals surface area contributed by atoms with Crippen LogP contribution in [0.1, 0.15) is 85.4 Å². The van der Waals surface area contributed by atoms with Crippen molar-refractivity contribution in [2.75, 3.05) is 0 Å². The van der Waals surface area contributed by atoms with Crippen molar-refractivity contribution in [2.45, 2.75) is 74.1 Å². The average molecular weight is 714 g/mol. The number of halogens is 2. The van der Waals surface area contributed by atoms with Crippen LogP contribution >= 0.6 is 24.8 Å². The molecule has 0 amide bonds. The van der Waals surface area contributed by atoms with Crippen molar-refractivity contribution in [3.05, 3.63) is 149 Å². The summed E-state index contributed by atoms with van der Waals surface area (Å²) >= 11 is -1.37. The van der Waals surface area contributed by atoms with Crippen molar-refractivity contribution in [1.82, 2.24) is 0 Å². The number of allylic oxidation sites excluding steroid dienone is 8. The largest absolute Gasteiger partial charge is 0.147 e. The van der Waals surface area contributed by atoms with Crippen LogP contribution in [0.25, 0.3) is 11.6 Å². The molecule has 0 bridgehead atoms. The van der Waals surface area contributed by atoms with E-state index in [1.807, 2.05) is 0 Å². The Balaban J connectivity index is 0.00000230. The third kappa shape index (κ3) is 6.11. The predicted octanol–water partition coefficient (Wildman–Crippen LogP) is 10.0. The normalized spacial score (nSPS) is 19.0. The molecule has 0 saturated carbocycles. The van der Waals surface area contributed by atoms with E-state index in [2.05, 4.69) is 159 Å². The van der Waals surface area contributed by atoms with E-state index in [9.17, 15) is 0 Å². The second-order valence-corrected chi connectivity index (χ2v) is 17.8. The Hall–Kier alpha value is -2.31. The van der Waals surface area contributed by atoms with Crippen LogP contribution in [-0.2, 0) is 28.2 Å². The summed E-state index contributed by atoms with van der Waals surface area (Å²) in [5.41, 5.74) is 13.2. The molecule has 0 aliphatic heterocycles. The summed E-state index contributed by atoms with van der Waals surface area (Å²) < 4.78 is 3.27. The minimum atomic E-state index is -1.37. The molecule has 0 radical (unpaired) electrons. The summed E-state index contributed by atoms with van der Waals surface area (Å²) in [6, 6.07) is 29.6. The summed E-state index contributed by atoms with van der Waals surface area (Å²) in [6.45, 7) is 21.5. The summed E-state index contributed by atoms with van der Waals surface area (Å²) in [7, 11) is 0. The Kier molecular flexibility index (Phi) is 10.3. The van der Waals surface area contributed by atoms with Crippen molar-refractivity contribution in [3.63, 3.8) is 0 Å². The fourth-order valence-corrected chi connectivity index (χ4v) is 12.3. The molecule has 3 aliphatic carbocycles. The molecular formula is C42H47Cl2Zr. The fraction of sp³-hybridized carbons (Fsp3) is 0.310. The molecule has 0 heterocycles. The van der Waals surface area contributed by atoms with Gasteiger partial charge < -0.3 is 0 Å². The van der Waals surface area contributed by atoms with Gasteiger partial charge in [0.15, 0.2) is 0 Å². The zero-order valence-corrected chi connectivity index (χ0v) is 32.4. The van der Waals surface area contributed by atoms with E-state index in [1.165, 1.54) is 55.0 Å². The topological polar surface area (TPSA) is 0 Å². The Bertz CT molecular complexity index is 1860. The first-order chi connectivity index (χ1) is 20.3. The van der Waals surface area contributed by atoms with Crippen LogP contribution in [0.4, 0.5) is 0 Å². The SMILES string of the molecule is CC1=C(C)C(C)=C(C2(C(C)(C)C)C=CC3=c4ccc(C(C)(C)C)cc4=CC3=[C]2[Zr]=[C](c2ccccc2)c2ccccc2)C1.Cl.Cl. The van der Waals surface area contributed by atoms with Crippen LogP contribution < -0.4 is 10.4 Å². The summed E-state index contributed by atoms with van der Waals surface area (Å²) in [5, 5.41) is 2.77. The zero-order chi connectivity index (χ0) is 30.7. The monoisotopic (exact) mass is 711 g/mol. The van der Waals surface area contributed by atoms with Crippen molar-refractivity contribution in [2.24, 2.45) is 10.8 Å². The van der Waals surface area contributed by atoms with E-state index in [-0.39, 0.29) is 41.1 Å². The van der Waals surface area contributed by atoms with Crippen molar-refractivity contribution >= 4 is 39.7 Å². The predicted molar refractivity (Wildman–Crippen MR) is 197 cm³/mol. The summed E-state index contributed by atoms with van der Waals surface area (Å²) in [6.07, 6.45) is 8.76. The van der Waals surface area contributed by atoms with Crippen molar-refractivity contribution < 1.29 is 22.8 Å². The zero-order valence-electron chi connectivity index (χ0n) is 28.3. The van der Waals surface area contributed by atoms with Gasteiger partial charge in [0.2, 0.25) is 0 Å². The molecule has 0 fully saturated rings. The molecule has 6 rings (SSSR count). The van der Waals surface area contributed by atoms with Gasteiger partial charge in [-0.05, 0) is 0 Å². The van der Waals surface area contributed by atoms with E-state index >= 15 is 0 Å². The van der Waals surface area contributed by atoms with Gasteiger partial charge in [0.25, 0.3) is 0 Å². The molecule has 3 aromatic carbocycles. The second kappa shape index (κ2) is 13.1. The molecular weight excluding hydrogens is 667 g/mol. The van der Waals surface area contributed by atoms with Crippen LogP contribution in [0.2, 0.25) is 0 Å². The molecule has 1 atom stereocenters. The molecule has 0 spiro atoms. The smallest absolute Gasteiger partial charge is 0.147 e. The van der Waals surface area contributed by atoms with Gasteiger partial charge in [-0.1, -0.05) is 0 Å². The summed E-state index contributed by atoms with van der Waals surface area (Å²) in [5.74, 6) is 0. The van der Waals surface area contributed by atoms with Gasteiger partial charge >= 0.3 is 272 Å². The molecule has 45 heavy (non-hydrogen) atoms. The third-order valence-corrected chi connectivity index (χ3v) is 14.4. The molecule has 0 nitrogen and oxygen atoms in total. The second-order valence-electron chi connectivity index (χ2n) is 14.7. The number of benzene rings is 3. The Morgan fingerprint density at radius 2 is 1.29 bits per heavy atom. The maximum atomic E-state index is 2.64. The minimum Gasteiger partial charge on any atom is -0.147 e. The van der Waals surface area contributed by atoms with Gasteiger partial charge in [-0.25, -0.2) is 0 Å². The first kappa shape index (κ1) is 35.5. The van der Waals surface area contributed by atoms with E-state index in [1.54, 1.807) is 12.1 Å². The van der Waals surface area contributed by atoms with Gasteiger partial charge in [-0.3, -0.25) is 0 Å². The molecule has 3 heteroatoms.